The van der Waals surface area contributed by atoms with E-state index in [9.17, 15) is 0 Å². The maximum absolute atomic E-state index is 5.19. The Morgan fingerprint density at radius 1 is 1.32 bits per heavy atom. The first kappa shape index (κ1) is 14.0. The summed E-state index contributed by atoms with van der Waals surface area (Å²) in [5.41, 5.74) is 0. The van der Waals surface area contributed by atoms with Crippen LogP contribution in [0, 0.1) is 0 Å². The lowest BCUT2D eigenvalue weighted by atomic mass is 10.2. The molecule has 2 rings (SSSR count). The molecule has 0 unspecified atom stereocenters. The average Bonchev–Trinajstić information content (AvgIpc) is 3.03. The summed E-state index contributed by atoms with van der Waals surface area (Å²) in [6.07, 6.45) is 3.10. The van der Waals surface area contributed by atoms with Gasteiger partial charge in [0.2, 0.25) is 11.0 Å². The Morgan fingerprint density at radius 2 is 2.16 bits per heavy atom. The van der Waals surface area contributed by atoms with Gasteiger partial charge in [0.1, 0.15) is 5.82 Å². The van der Waals surface area contributed by atoms with E-state index >= 15 is 0 Å². The van der Waals surface area contributed by atoms with E-state index < -0.39 is 0 Å². The van der Waals surface area contributed by atoms with Crippen LogP contribution in [0.4, 0.5) is 0 Å². The molecule has 0 aliphatic heterocycles. The number of hydrogen-bond donors (Lipinski definition) is 1. The smallest absolute Gasteiger partial charge is 0.237 e. The van der Waals surface area contributed by atoms with Gasteiger partial charge in [-0.1, -0.05) is 44.1 Å². The van der Waals surface area contributed by atoms with Crippen LogP contribution in [0.5, 0.6) is 0 Å². The maximum Gasteiger partial charge on any atom is 0.237 e. The second-order valence-corrected chi connectivity index (χ2v) is 5.60. The fourth-order valence-corrected chi connectivity index (χ4v) is 2.14. The summed E-state index contributed by atoms with van der Waals surface area (Å²) in [6, 6.07) is 0. The largest absolute Gasteiger partial charge is 0.338 e. The van der Waals surface area contributed by atoms with Crippen LogP contribution in [0.1, 0.15) is 57.1 Å². The number of rotatable bonds is 7. The normalized spacial score (nSPS) is 11.4. The summed E-state index contributed by atoms with van der Waals surface area (Å²) in [5.74, 6) is 3.28. The van der Waals surface area contributed by atoms with Crippen molar-refractivity contribution in [2.45, 2.75) is 56.9 Å². The summed E-state index contributed by atoms with van der Waals surface area (Å²) in [6.45, 7) is 6.30. The molecule has 0 amide bonds. The van der Waals surface area contributed by atoms with E-state index in [2.05, 4.69) is 46.1 Å². The molecule has 0 bridgehead atoms. The first-order valence-corrected chi connectivity index (χ1v) is 7.54. The Hall–Kier alpha value is -1.37. The quantitative estimate of drug-likeness (QED) is 0.786. The first-order chi connectivity index (χ1) is 9.19. The predicted molar refractivity (Wildman–Crippen MR) is 72.9 cm³/mol. The van der Waals surface area contributed by atoms with Crippen LogP contribution < -0.4 is 0 Å². The van der Waals surface area contributed by atoms with Crippen molar-refractivity contribution in [1.29, 1.82) is 0 Å². The Kier molecular flexibility index (Phi) is 4.95. The minimum atomic E-state index is 0.353. The van der Waals surface area contributed by atoms with E-state index in [1.165, 1.54) is 11.8 Å². The van der Waals surface area contributed by atoms with Crippen molar-refractivity contribution in [3.63, 3.8) is 0 Å². The summed E-state index contributed by atoms with van der Waals surface area (Å²) in [5, 5.41) is 11.7. The standard InChI is InChI=1S/C12H19N5OS/c1-4-5-6-9-13-10(18-17-9)7-19-12-14-11(8(2)3)15-16-12/h8H,4-7H2,1-3H3,(H,14,15,16). The summed E-state index contributed by atoms with van der Waals surface area (Å²) < 4.78 is 5.19. The highest BCUT2D eigenvalue weighted by Gasteiger charge is 2.10. The van der Waals surface area contributed by atoms with E-state index in [-0.39, 0.29) is 0 Å². The van der Waals surface area contributed by atoms with Gasteiger partial charge in [-0.3, -0.25) is 5.10 Å². The summed E-state index contributed by atoms with van der Waals surface area (Å²) in [7, 11) is 0. The van der Waals surface area contributed by atoms with Gasteiger partial charge < -0.3 is 4.52 Å². The maximum atomic E-state index is 5.19. The van der Waals surface area contributed by atoms with Crippen LogP contribution in [-0.4, -0.2) is 25.3 Å². The number of nitrogens with one attached hydrogen (secondary N) is 1. The number of aromatic nitrogens is 5. The van der Waals surface area contributed by atoms with Crippen molar-refractivity contribution >= 4 is 11.8 Å². The van der Waals surface area contributed by atoms with Crippen molar-refractivity contribution in [3.8, 4) is 0 Å². The van der Waals surface area contributed by atoms with E-state index in [0.717, 1.165) is 36.1 Å². The third-order valence-corrected chi connectivity index (χ3v) is 3.45. The van der Waals surface area contributed by atoms with Crippen LogP contribution in [0.2, 0.25) is 0 Å². The van der Waals surface area contributed by atoms with Crippen LogP contribution >= 0.6 is 11.8 Å². The van der Waals surface area contributed by atoms with Gasteiger partial charge in [-0.05, 0) is 6.42 Å². The molecule has 0 radical (unpaired) electrons. The van der Waals surface area contributed by atoms with E-state index in [1.54, 1.807) is 0 Å². The minimum Gasteiger partial charge on any atom is -0.338 e. The van der Waals surface area contributed by atoms with Crippen molar-refractivity contribution < 1.29 is 4.52 Å². The molecule has 0 spiro atoms. The fourth-order valence-electron chi connectivity index (χ4n) is 1.49. The molecule has 2 heterocycles. The average molecular weight is 281 g/mol. The molecule has 0 aliphatic carbocycles. The van der Waals surface area contributed by atoms with E-state index in [1.807, 2.05) is 0 Å². The summed E-state index contributed by atoms with van der Waals surface area (Å²) >= 11 is 1.50. The highest BCUT2D eigenvalue weighted by molar-refractivity contribution is 7.98. The molecule has 0 saturated heterocycles. The number of unbranched alkanes of at least 4 members (excludes halogenated alkanes) is 1. The SMILES string of the molecule is CCCCc1noc(CSc2n[nH]c(C(C)C)n2)n1. The van der Waals surface area contributed by atoms with Gasteiger partial charge in [-0.2, -0.15) is 4.98 Å². The molecule has 104 valence electrons. The van der Waals surface area contributed by atoms with E-state index in [4.69, 9.17) is 4.52 Å². The first-order valence-electron chi connectivity index (χ1n) is 6.55. The highest BCUT2D eigenvalue weighted by Crippen LogP contribution is 2.20. The van der Waals surface area contributed by atoms with Crippen LogP contribution in [0.25, 0.3) is 0 Å². The third kappa shape index (κ3) is 4.05. The Balaban J connectivity index is 1.85. The number of H-pyrrole nitrogens is 1. The Bertz CT molecular complexity index is 508. The second-order valence-electron chi connectivity index (χ2n) is 4.65. The van der Waals surface area contributed by atoms with Crippen molar-refractivity contribution in [3.05, 3.63) is 17.5 Å². The van der Waals surface area contributed by atoms with Gasteiger partial charge in [0.15, 0.2) is 5.82 Å². The molecule has 0 saturated carbocycles. The number of aromatic amines is 1. The zero-order valence-electron chi connectivity index (χ0n) is 11.5. The van der Waals surface area contributed by atoms with Gasteiger partial charge in [-0.25, -0.2) is 4.98 Å². The second kappa shape index (κ2) is 6.70. The molecule has 7 heteroatoms. The molecule has 2 aromatic rings. The predicted octanol–water partition coefficient (Wildman–Crippen LogP) is 2.95. The van der Waals surface area contributed by atoms with Gasteiger partial charge in [-0.15, -0.1) is 5.10 Å². The lowest BCUT2D eigenvalue weighted by Crippen LogP contribution is -1.89. The van der Waals surface area contributed by atoms with Gasteiger partial charge in [0, 0.05) is 12.3 Å². The number of thioether (sulfide) groups is 1. The fraction of sp³-hybridized carbons (Fsp3) is 0.667. The minimum absolute atomic E-state index is 0.353. The molecule has 0 aromatic carbocycles. The molecule has 0 aliphatic rings. The molecule has 2 aromatic heterocycles. The van der Waals surface area contributed by atoms with Crippen molar-refractivity contribution in [2.75, 3.05) is 0 Å². The number of nitrogens with zero attached hydrogens (tertiary/aromatic N) is 4. The third-order valence-electron chi connectivity index (χ3n) is 2.62. The lowest BCUT2D eigenvalue weighted by Gasteiger charge is -1.94. The highest BCUT2D eigenvalue weighted by atomic mass is 32.2. The molecule has 19 heavy (non-hydrogen) atoms. The van der Waals surface area contributed by atoms with Crippen LogP contribution in [0.15, 0.2) is 9.68 Å². The van der Waals surface area contributed by atoms with E-state index in [0.29, 0.717) is 17.6 Å². The van der Waals surface area contributed by atoms with Gasteiger partial charge in [0.25, 0.3) is 0 Å². The zero-order valence-corrected chi connectivity index (χ0v) is 12.3. The topological polar surface area (TPSA) is 80.5 Å². The molecule has 1 N–H and O–H groups in total. The molecule has 6 nitrogen and oxygen atoms in total. The van der Waals surface area contributed by atoms with Crippen molar-refractivity contribution in [1.82, 2.24) is 25.3 Å². The zero-order chi connectivity index (χ0) is 13.7. The Morgan fingerprint density at radius 3 is 2.84 bits per heavy atom. The van der Waals surface area contributed by atoms with Crippen LogP contribution in [0.3, 0.4) is 0 Å². The molecule has 0 fully saturated rings. The molecular weight excluding hydrogens is 262 g/mol. The van der Waals surface area contributed by atoms with Crippen LogP contribution in [-0.2, 0) is 12.2 Å². The number of aryl methyl sites for hydroxylation is 1. The summed E-state index contributed by atoms with van der Waals surface area (Å²) in [4.78, 5) is 8.73. The van der Waals surface area contributed by atoms with Gasteiger partial charge in [0.05, 0.1) is 5.75 Å². The number of hydrogen-bond acceptors (Lipinski definition) is 6. The van der Waals surface area contributed by atoms with Gasteiger partial charge >= 0.3 is 0 Å². The monoisotopic (exact) mass is 281 g/mol. The van der Waals surface area contributed by atoms with Crippen molar-refractivity contribution in [2.24, 2.45) is 0 Å². The Labute approximate surface area is 116 Å². The molecular formula is C12H19N5OS. The lowest BCUT2D eigenvalue weighted by molar-refractivity contribution is 0.384. The molecule has 0 atom stereocenters.